The van der Waals surface area contributed by atoms with Crippen LogP contribution in [0.2, 0.25) is 0 Å². The van der Waals surface area contributed by atoms with E-state index in [1.807, 2.05) is 0 Å². The minimum atomic E-state index is -0.630. The summed E-state index contributed by atoms with van der Waals surface area (Å²) in [5.74, 6) is 2.67. The molecule has 3 nitrogen and oxygen atoms in total. The first kappa shape index (κ1) is 20.9. The molecule has 160 valence electrons. The van der Waals surface area contributed by atoms with Crippen molar-refractivity contribution in [1.82, 2.24) is 5.32 Å². The normalized spacial score (nSPS) is 47.7. The van der Waals surface area contributed by atoms with Gasteiger partial charge in [-0.15, -0.1) is 0 Å². The smallest absolute Gasteiger partial charge is 0.0776 e. The number of nitrogens with one attached hydrogen (secondary N) is 1. The fraction of sp³-hybridized carbons (Fsp3) is 0.920. The van der Waals surface area contributed by atoms with Gasteiger partial charge in [-0.2, -0.15) is 0 Å². The molecule has 3 heteroatoms. The number of aliphatic hydroxyl groups excluding tert-OH is 1. The molecule has 0 heterocycles. The summed E-state index contributed by atoms with van der Waals surface area (Å²) in [6.07, 6.45) is 11.6. The van der Waals surface area contributed by atoms with E-state index in [0.717, 1.165) is 37.0 Å². The molecule has 0 aromatic rings. The van der Waals surface area contributed by atoms with Gasteiger partial charge < -0.3 is 15.5 Å². The largest absolute Gasteiger partial charge is 0.393 e. The van der Waals surface area contributed by atoms with Gasteiger partial charge in [-0.3, -0.25) is 0 Å². The monoisotopic (exact) mass is 389 g/mol. The van der Waals surface area contributed by atoms with E-state index in [1.165, 1.54) is 32.1 Å². The highest BCUT2D eigenvalue weighted by atomic mass is 16.3. The molecule has 0 aromatic heterocycles. The highest BCUT2D eigenvalue weighted by Crippen LogP contribution is 2.67. The molecular weight excluding hydrogens is 346 g/mol. The molecule has 0 amide bonds. The van der Waals surface area contributed by atoms with Crippen LogP contribution in [0.15, 0.2) is 11.6 Å². The topological polar surface area (TPSA) is 52.5 Å². The molecule has 3 saturated carbocycles. The van der Waals surface area contributed by atoms with Gasteiger partial charge in [0.15, 0.2) is 0 Å². The molecule has 4 rings (SSSR count). The van der Waals surface area contributed by atoms with Gasteiger partial charge in [0.1, 0.15) is 0 Å². The van der Waals surface area contributed by atoms with Gasteiger partial charge in [-0.05, 0) is 92.8 Å². The average Bonchev–Trinajstić information content (AvgIpc) is 2.99. The maximum absolute atomic E-state index is 11.4. The standard InChI is InChI=1S/C25H43NO2/c1-16(2)26-15-25(5,28)22-9-8-20-19-7-6-17-14-18(27)10-12-23(17,3)21(19)11-13-24(20,22)4/h6,16,18-22,26-28H,7-15H2,1-5H3/t18?,19?,20?,21?,22?,23?,24?,25-/m1/s1. The Hall–Kier alpha value is -0.380. The summed E-state index contributed by atoms with van der Waals surface area (Å²) in [6.45, 7) is 12.1. The van der Waals surface area contributed by atoms with E-state index in [4.69, 9.17) is 0 Å². The highest BCUT2D eigenvalue weighted by Gasteiger charge is 2.61. The lowest BCUT2D eigenvalue weighted by Gasteiger charge is -2.59. The highest BCUT2D eigenvalue weighted by molar-refractivity contribution is 5.25. The number of fused-ring (bicyclic) bond motifs is 5. The van der Waals surface area contributed by atoms with Crippen molar-refractivity contribution >= 4 is 0 Å². The van der Waals surface area contributed by atoms with Crippen molar-refractivity contribution in [3.05, 3.63) is 11.6 Å². The van der Waals surface area contributed by atoms with Crippen LogP contribution in [0.25, 0.3) is 0 Å². The molecule has 0 radical (unpaired) electrons. The Kier molecular flexibility index (Phi) is 5.29. The van der Waals surface area contributed by atoms with E-state index in [-0.39, 0.29) is 11.5 Å². The van der Waals surface area contributed by atoms with Crippen LogP contribution in [0.4, 0.5) is 0 Å². The fourth-order valence-electron chi connectivity index (χ4n) is 8.20. The first-order chi connectivity index (χ1) is 13.1. The first-order valence-electron chi connectivity index (χ1n) is 11.9. The Morgan fingerprint density at radius 3 is 2.61 bits per heavy atom. The summed E-state index contributed by atoms with van der Waals surface area (Å²) in [5, 5.41) is 25.1. The maximum atomic E-state index is 11.4. The summed E-state index contributed by atoms with van der Waals surface area (Å²) in [4.78, 5) is 0. The second-order valence-corrected chi connectivity index (χ2v) is 11.7. The molecule has 0 aromatic carbocycles. The Morgan fingerprint density at radius 2 is 1.89 bits per heavy atom. The molecule has 4 aliphatic rings. The second-order valence-electron chi connectivity index (χ2n) is 11.7. The van der Waals surface area contributed by atoms with Crippen molar-refractivity contribution < 1.29 is 10.2 Å². The second kappa shape index (κ2) is 7.10. The lowest BCUT2D eigenvalue weighted by Crippen LogP contribution is -2.55. The molecule has 3 fully saturated rings. The zero-order valence-electron chi connectivity index (χ0n) is 18.8. The third-order valence-corrected chi connectivity index (χ3v) is 9.70. The molecular formula is C25H43NO2. The zero-order chi connectivity index (χ0) is 20.3. The van der Waals surface area contributed by atoms with Crippen LogP contribution in [0.5, 0.6) is 0 Å². The van der Waals surface area contributed by atoms with Crippen molar-refractivity contribution in [2.75, 3.05) is 6.54 Å². The molecule has 0 aliphatic heterocycles. The molecule has 7 unspecified atom stereocenters. The number of aliphatic hydroxyl groups is 2. The zero-order valence-corrected chi connectivity index (χ0v) is 18.8. The van der Waals surface area contributed by atoms with Crippen LogP contribution in [0.3, 0.4) is 0 Å². The van der Waals surface area contributed by atoms with Crippen LogP contribution in [-0.2, 0) is 0 Å². The van der Waals surface area contributed by atoms with Crippen LogP contribution in [-0.4, -0.2) is 34.5 Å². The Balaban J connectivity index is 1.57. The number of rotatable bonds is 4. The van der Waals surface area contributed by atoms with E-state index < -0.39 is 5.60 Å². The average molecular weight is 390 g/mol. The van der Waals surface area contributed by atoms with E-state index in [9.17, 15) is 10.2 Å². The minimum absolute atomic E-state index is 0.121. The van der Waals surface area contributed by atoms with Gasteiger partial charge in [0, 0.05) is 12.6 Å². The number of allylic oxidation sites excluding steroid dienone is 1. The Labute approximate surface area is 172 Å². The van der Waals surface area contributed by atoms with Gasteiger partial charge in [-0.1, -0.05) is 39.3 Å². The quantitative estimate of drug-likeness (QED) is 0.612. The molecule has 0 saturated heterocycles. The SMILES string of the molecule is CC(C)NC[C@@](C)(O)C1CCC2C3CC=C4CC(O)CCC4(C)C3CCC21C. The van der Waals surface area contributed by atoms with Crippen molar-refractivity contribution in [2.45, 2.75) is 104 Å². The van der Waals surface area contributed by atoms with Crippen molar-refractivity contribution in [3.63, 3.8) is 0 Å². The van der Waals surface area contributed by atoms with Crippen molar-refractivity contribution in [1.29, 1.82) is 0 Å². The van der Waals surface area contributed by atoms with E-state index in [1.54, 1.807) is 5.57 Å². The maximum Gasteiger partial charge on any atom is 0.0776 e. The molecule has 0 spiro atoms. The summed E-state index contributed by atoms with van der Waals surface area (Å²) in [6, 6.07) is 0.413. The molecule has 8 atom stereocenters. The van der Waals surface area contributed by atoms with Crippen LogP contribution < -0.4 is 5.32 Å². The van der Waals surface area contributed by atoms with Gasteiger partial charge in [0.05, 0.1) is 11.7 Å². The first-order valence-corrected chi connectivity index (χ1v) is 11.9. The third kappa shape index (κ3) is 3.20. The molecule has 4 aliphatic carbocycles. The van der Waals surface area contributed by atoms with Gasteiger partial charge in [0.25, 0.3) is 0 Å². The Morgan fingerprint density at radius 1 is 1.14 bits per heavy atom. The van der Waals surface area contributed by atoms with Crippen LogP contribution in [0.1, 0.15) is 86.0 Å². The van der Waals surface area contributed by atoms with Gasteiger partial charge in [0.2, 0.25) is 0 Å². The Bertz CT molecular complexity index is 626. The van der Waals surface area contributed by atoms with Crippen LogP contribution in [0, 0.1) is 34.5 Å². The predicted octanol–water partition coefficient (Wildman–Crippen LogP) is 4.68. The number of hydrogen-bond acceptors (Lipinski definition) is 3. The summed E-state index contributed by atoms with van der Waals surface area (Å²) in [5.41, 5.74) is 1.50. The third-order valence-electron chi connectivity index (χ3n) is 9.70. The minimum Gasteiger partial charge on any atom is -0.393 e. The molecule has 28 heavy (non-hydrogen) atoms. The summed E-state index contributed by atoms with van der Waals surface area (Å²) >= 11 is 0. The van der Waals surface area contributed by atoms with Gasteiger partial charge in [-0.25, -0.2) is 0 Å². The summed E-state index contributed by atoms with van der Waals surface area (Å²) < 4.78 is 0. The fourth-order valence-corrected chi connectivity index (χ4v) is 8.20. The lowest BCUT2D eigenvalue weighted by molar-refractivity contribution is -0.101. The van der Waals surface area contributed by atoms with Gasteiger partial charge >= 0.3 is 0 Å². The molecule has 0 bridgehead atoms. The van der Waals surface area contributed by atoms with Crippen LogP contribution >= 0.6 is 0 Å². The van der Waals surface area contributed by atoms with E-state index in [2.05, 4.69) is 46.0 Å². The van der Waals surface area contributed by atoms with E-state index in [0.29, 0.717) is 23.9 Å². The van der Waals surface area contributed by atoms with Crippen molar-refractivity contribution in [2.24, 2.45) is 34.5 Å². The lowest BCUT2D eigenvalue weighted by atomic mass is 9.47. The number of hydrogen-bond donors (Lipinski definition) is 3. The predicted molar refractivity (Wildman–Crippen MR) is 115 cm³/mol. The van der Waals surface area contributed by atoms with Crippen molar-refractivity contribution in [3.8, 4) is 0 Å². The van der Waals surface area contributed by atoms with E-state index >= 15 is 0 Å². The summed E-state index contributed by atoms with van der Waals surface area (Å²) in [7, 11) is 0. The molecule has 3 N–H and O–H groups in total.